The second kappa shape index (κ2) is 7.11. The van der Waals surface area contributed by atoms with Gasteiger partial charge in [-0.05, 0) is 36.1 Å². The molecule has 0 saturated heterocycles. The highest BCUT2D eigenvalue weighted by atomic mass is 16.3. The van der Waals surface area contributed by atoms with Crippen molar-refractivity contribution in [1.29, 1.82) is 0 Å². The molecule has 130 valence electrons. The Hall–Kier alpha value is -3.59. The molecule has 0 bridgehead atoms. The number of hydrogen-bond acceptors (Lipinski definition) is 5. The number of phenols is 1. The third-order valence-electron chi connectivity index (χ3n) is 3.82. The lowest BCUT2D eigenvalue weighted by molar-refractivity contribution is 0.475. The van der Waals surface area contributed by atoms with Gasteiger partial charge < -0.3 is 15.8 Å². The number of benzene rings is 1. The molecular weight excluding hydrogens is 328 g/mol. The number of hydrogen-bond donors (Lipinski definition) is 3. The van der Waals surface area contributed by atoms with E-state index >= 15 is 0 Å². The SMILES string of the molecule is CC(C)c1cc(-c2cnc(N)c(C#Cc3cccc(O)c3)n2)c[nH]c1=O. The molecular formula is C20H18N4O2. The van der Waals surface area contributed by atoms with E-state index in [1.54, 1.807) is 42.7 Å². The van der Waals surface area contributed by atoms with Gasteiger partial charge in [0.1, 0.15) is 5.75 Å². The first-order valence-corrected chi connectivity index (χ1v) is 8.10. The van der Waals surface area contributed by atoms with Crippen LogP contribution in [-0.2, 0) is 0 Å². The number of aromatic nitrogens is 3. The summed E-state index contributed by atoms with van der Waals surface area (Å²) >= 11 is 0. The maximum Gasteiger partial charge on any atom is 0.251 e. The molecule has 6 nitrogen and oxygen atoms in total. The van der Waals surface area contributed by atoms with Crippen LogP contribution in [0.5, 0.6) is 5.75 Å². The van der Waals surface area contributed by atoms with Crippen LogP contribution in [0.25, 0.3) is 11.3 Å². The van der Waals surface area contributed by atoms with E-state index in [4.69, 9.17) is 5.73 Å². The molecule has 0 aliphatic rings. The third-order valence-corrected chi connectivity index (χ3v) is 3.82. The predicted octanol–water partition coefficient (Wildman–Crippen LogP) is 2.64. The lowest BCUT2D eigenvalue weighted by Gasteiger charge is -2.07. The smallest absolute Gasteiger partial charge is 0.251 e. The van der Waals surface area contributed by atoms with E-state index in [2.05, 4.69) is 26.8 Å². The molecule has 0 unspecified atom stereocenters. The standard InChI is InChI=1S/C20H18N4O2/c1-12(2)16-9-14(10-23-20(16)26)18-11-22-19(21)17(24-18)7-6-13-4-3-5-15(25)8-13/h3-5,8-12,25H,1-2H3,(H2,21,22)(H,23,26). The Balaban J connectivity index is 2.01. The van der Waals surface area contributed by atoms with E-state index in [0.717, 1.165) is 5.56 Å². The van der Waals surface area contributed by atoms with Gasteiger partial charge in [0, 0.05) is 22.9 Å². The molecule has 2 heterocycles. The minimum atomic E-state index is -0.115. The van der Waals surface area contributed by atoms with Gasteiger partial charge in [0.2, 0.25) is 0 Å². The van der Waals surface area contributed by atoms with Crippen LogP contribution in [0.2, 0.25) is 0 Å². The van der Waals surface area contributed by atoms with E-state index in [9.17, 15) is 9.90 Å². The van der Waals surface area contributed by atoms with Gasteiger partial charge in [0.15, 0.2) is 11.5 Å². The van der Waals surface area contributed by atoms with Gasteiger partial charge in [-0.15, -0.1) is 0 Å². The summed E-state index contributed by atoms with van der Waals surface area (Å²) in [5.74, 6) is 6.24. The molecule has 0 atom stereocenters. The van der Waals surface area contributed by atoms with Gasteiger partial charge in [-0.1, -0.05) is 25.8 Å². The molecule has 0 amide bonds. The molecule has 3 aromatic rings. The molecule has 0 saturated carbocycles. The number of aromatic amines is 1. The minimum absolute atomic E-state index is 0.0884. The van der Waals surface area contributed by atoms with Crippen molar-refractivity contribution in [2.45, 2.75) is 19.8 Å². The molecule has 3 rings (SSSR count). The Morgan fingerprint density at radius 3 is 2.77 bits per heavy atom. The van der Waals surface area contributed by atoms with Crippen LogP contribution >= 0.6 is 0 Å². The van der Waals surface area contributed by atoms with Crippen molar-refractivity contribution in [3.63, 3.8) is 0 Å². The molecule has 1 aromatic carbocycles. The first-order chi connectivity index (χ1) is 12.4. The van der Waals surface area contributed by atoms with E-state index in [-0.39, 0.29) is 23.0 Å². The molecule has 4 N–H and O–H groups in total. The van der Waals surface area contributed by atoms with Crippen LogP contribution in [0, 0.1) is 11.8 Å². The molecule has 2 aromatic heterocycles. The highest BCUT2D eigenvalue weighted by molar-refractivity contribution is 5.61. The fraction of sp³-hybridized carbons (Fsp3) is 0.150. The number of nitrogens with two attached hydrogens (primary N) is 1. The van der Waals surface area contributed by atoms with Crippen molar-refractivity contribution < 1.29 is 5.11 Å². The largest absolute Gasteiger partial charge is 0.508 e. The summed E-state index contributed by atoms with van der Waals surface area (Å²) in [7, 11) is 0. The average molecular weight is 346 g/mol. The number of phenolic OH excluding ortho intramolecular Hbond substituents is 1. The summed E-state index contributed by atoms with van der Waals surface area (Å²) in [4.78, 5) is 23.2. The van der Waals surface area contributed by atoms with Gasteiger partial charge in [0.25, 0.3) is 5.56 Å². The number of nitrogens with zero attached hydrogens (tertiary/aromatic N) is 2. The Morgan fingerprint density at radius 2 is 2.04 bits per heavy atom. The zero-order valence-corrected chi connectivity index (χ0v) is 14.4. The number of anilines is 1. The Labute approximate surface area is 150 Å². The van der Waals surface area contributed by atoms with Crippen LogP contribution in [0.4, 0.5) is 5.82 Å². The minimum Gasteiger partial charge on any atom is -0.508 e. The van der Waals surface area contributed by atoms with Gasteiger partial charge in [-0.2, -0.15) is 0 Å². The van der Waals surface area contributed by atoms with E-state index in [1.807, 2.05) is 13.8 Å². The van der Waals surface area contributed by atoms with Crippen LogP contribution < -0.4 is 11.3 Å². The van der Waals surface area contributed by atoms with E-state index < -0.39 is 0 Å². The molecule has 0 fully saturated rings. The Bertz CT molecular complexity index is 1070. The lowest BCUT2D eigenvalue weighted by Crippen LogP contribution is -2.13. The van der Waals surface area contributed by atoms with E-state index in [1.165, 1.54) is 0 Å². The molecule has 0 aliphatic heterocycles. The highest BCUT2D eigenvalue weighted by Crippen LogP contribution is 2.20. The van der Waals surface area contributed by atoms with Crippen LogP contribution in [-0.4, -0.2) is 20.1 Å². The van der Waals surface area contributed by atoms with E-state index in [0.29, 0.717) is 22.5 Å². The zero-order chi connectivity index (χ0) is 18.7. The summed E-state index contributed by atoms with van der Waals surface area (Å²) < 4.78 is 0. The summed E-state index contributed by atoms with van der Waals surface area (Å²) in [5.41, 5.74) is 8.72. The second-order valence-electron chi connectivity index (χ2n) is 6.12. The van der Waals surface area contributed by atoms with Crippen molar-refractivity contribution in [2.75, 3.05) is 5.73 Å². The van der Waals surface area contributed by atoms with Gasteiger partial charge in [0.05, 0.1) is 11.9 Å². The number of H-pyrrole nitrogens is 1. The molecule has 6 heteroatoms. The summed E-state index contributed by atoms with van der Waals surface area (Å²) in [6, 6.07) is 8.41. The average Bonchev–Trinajstić information content (AvgIpc) is 2.61. The van der Waals surface area contributed by atoms with Crippen molar-refractivity contribution in [1.82, 2.24) is 15.0 Å². The van der Waals surface area contributed by atoms with Crippen LogP contribution in [0.3, 0.4) is 0 Å². The predicted molar refractivity (Wildman–Crippen MR) is 101 cm³/mol. The fourth-order valence-corrected chi connectivity index (χ4v) is 2.42. The molecule has 0 spiro atoms. The number of nitrogen functional groups attached to an aromatic ring is 1. The highest BCUT2D eigenvalue weighted by Gasteiger charge is 2.10. The topological polar surface area (TPSA) is 105 Å². The molecule has 26 heavy (non-hydrogen) atoms. The summed E-state index contributed by atoms with van der Waals surface area (Å²) in [5, 5.41) is 9.50. The quantitative estimate of drug-likeness (QED) is 0.619. The summed E-state index contributed by atoms with van der Waals surface area (Å²) in [6.07, 6.45) is 3.15. The Kier molecular flexibility index (Phi) is 4.72. The maximum atomic E-state index is 11.9. The van der Waals surface area contributed by atoms with Crippen molar-refractivity contribution in [2.24, 2.45) is 0 Å². The molecule has 0 aliphatic carbocycles. The maximum absolute atomic E-state index is 11.9. The van der Waals surface area contributed by atoms with Gasteiger partial charge in [-0.3, -0.25) is 4.79 Å². The zero-order valence-electron chi connectivity index (χ0n) is 14.4. The van der Waals surface area contributed by atoms with Gasteiger partial charge >= 0.3 is 0 Å². The monoisotopic (exact) mass is 346 g/mol. The number of aromatic hydroxyl groups is 1. The normalized spacial score (nSPS) is 10.4. The van der Waals surface area contributed by atoms with Crippen LogP contribution in [0.15, 0.2) is 47.5 Å². The number of rotatable bonds is 2. The van der Waals surface area contributed by atoms with Crippen molar-refractivity contribution in [3.8, 4) is 28.8 Å². The third kappa shape index (κ3) is 3.73. The molecule has 0 radical (unpaired) electrons. The van der Waals surface area contributed by atoms with Crippen molar-refractivity contribution >= 4 is 5.82 Å². The number of pyridine rings is 1. The first-order valence-electron chi connectivity index (χ1n) is 8.10. The van der Waals surface area contributed by atoms with Crippen molar-refractivity contribution in [3.05, 3.63) is 69.9 Å². The van der Waals surface area contributed by atoms with Crippen LogP contribution in [0.1, 0.15) is 36.6 Å². The second-order valence-corrected chi connectivity index (χ2v) is 6.12. The summed E-state index contributed by atoms with van der Waals surface area (Å²) in [6.45, 7) is 3.91. The fourth-order valence-electron chi connectivity index (χ4n) is 2.42. The lowest BCUT2D eigenvalue weighted by atomic mass is 10.0. The van der Waals surface area contributed by atoms with Gasteiger partial charge in [-0.25, -0.2) is 9.97 Å². The Morgan fingerprint density at radius 1 is 1.23 bits per heavy atom. The first kappa shape index (κ1) is 17.2. The number of nitrogens with one attached hydrogen (secondary N) is 1.